The summed E-state index contributed by atoms with van der Waals surface area (Å²) in [5.74, 6) is 0.0776. The van der Waals surface area contributed by atoms with Gasteiger partial charge in [-0.25, -0.2) is 0 Å². The number of aliphatic hydroxyl groups is 4. The van der Waals surface area contributed by atoms with E-state index in [1.54, 1.807) is 31.0 Å². The first-order chi connectivity index (χ1) is 37.9. The Morgan fingerprint density at radius 3 is 1.94 bits per heavy atom. The van der Waals surface area contributed by atoms with Gasteiger partial charge in [0.1, 0.15) is 12.2 Å². The number of carbonyl (C=O) groups is 2. The van der Waals surface area contributed by atoms with E-state index >= 15 is 0 Å². The molecule has 2 aliphatic heterocycles. The number of aliphatic hydroxyl groups excluding tert-OH is 2. The molecule has 0 radical (unpaired) electrons. The fourth-order valence-corrected chi connectivity index (χ4v) is 22.5. The normalized spacial score (nSPS) is 31.6. The molecule has 4 N–H and O–H groups in total. The summed E-state index contributed by atoms with van der Waals surface area (Å²) < 4.78 is 32.2. The molecule has 0 bridgehead atoms. The molecule has 0 spiro atoms. The van der Waals surface area contributed by atoms with Crippen molar-refractivity contribution in [3.8, 4) is 22.6 Å². The molecule has 2 saturated heterocycles. The Morgan fingerprint density at radius 2 is 1.36 bits per heavy atom. The van der Waals surface area contributed by atoms with Gasteiger partial charge in [0, 0.05) is 6.04 Å². The molecule has 4 aliphatic rings. The van der Waals surface area contributed by atoms with Gasteiger partial charge in [-0.05, 0) is 60.0 Å². The van der Waals surface area contributed by atoms with Crippen LogP contribution in [0, 0.1) is 11.8 Å². The van der Waals surface area contributed by atoms with Crippen molar-refractivity contribution in [1.82, 2.24) is 9.80 Å². The summed E-state index contributed by atoms with van der Waals surface area (Å²) in [6, 6.07) is 14.7. The number of unbranched alkanes of at least 4 members (excludes halogenated alkanes) is 4. The van der Waals surface area contributed by atoms with Crippen LogP contribution in [-0.4, -0.2) is 153 Å². The van der Waals surface area contributed by atoms with Gasteiger partial charge in [0.25, 0.3) is 0 Å². The number of nitrogens with zero attached hydrogens (tertiary/aromatic N) is 2. The van der Waals surface area contributed by atoms with E-state index in [0.717, 1.165) is 42.7 Å². The topological polar surface area (TPSA) is 168 Å². The predicted molar refractivity (Wildman–Crippen MR) is 326 cm³/mol. The van der Waals surface area contributed by atoms with Crippen LogP contribution in [0.4, 0.5) is 0 Å². The van der Waals surface area contributed by atoms with Crippen molar-refractivity contribution in [1.29, 1.82) is 0 Å². The summed E-state index contributed by atoms with van der Waals surface area (Å²) in [5.41, 5.74) is 0.497. The van der Waals surface area contributed by atoms with Crippen LogP contribution in [0.25, 0.3) is 11.1 Å². The molecule has 2 heterocycles. The van der Waals surface area contributed by atoms with E-state index in [9.17, 15) is 30.0 Å². The van der Waals surface area contributed by atoms with Gasteiger partial charge in [0.05, 0.1) is 23.7 Å². The smallest absolute Gasteiger partial charge is 0.383 e. The van der Waals surface area contributed by atoms with Crippen LogP contribution in [0.2, 0.25) is 0 Å². The van der Waals surface area contributed by atoms with Crippen LogP contribution in [0.5, 0.6) is 11.5 Å². The molecule has 13 nitrogen and oxygen atoms in total. The van der Waals surface area contributed by atoms with E-state index in [1.165, 1.54) is 82.9 Å². The Morgan fingerprint density at radius 1 is 0.787 bits per heavy atom. The van der Waals surface area contributed by atoms with Crippen LogP contribution in [0.1, 0.15) is 211 Å². The molecule has 6 rings (SSSR count). The van der Waals surface area contributed by atoms with Crippen LogP contribution in [0.3, 0.4) is 0 Å². The molecule has 0 aromatic heterocycles. The van der Waals surface area contributed by atoms with Gasteiger partial charge >= 0.3 is 318 Å². The molecule has 14 heteroatoms. The first kappa shape index (κ1) is 66.3. The van der Waals surface area contributed by atoms with E-state index in [0.29, 0.717) is 30.6 Å². The SMILES string of the molecule is CC[C@H]1OC(=O)[C@H](C)C[C@H](C)[C@@H](O[C@@H]2O[C@H](C)C[C@H](N(C)C)[C@H]2O)[C@](C)(O)CCCN(C(=O)CCCCCCC[PH](c2ccccc2-c2c(OC(C)C)cccc2OC(C)C)(C2CCCCC2)C2CCCCC2)[C@H](C)[C@@H](O)[C@]1(C)O. The predicted octanol–water partition coefficient (Wildman–Crippen LogP) is 12.0. The fraction of sp³-hybridized carbons (Fsp3) is 0.788. The molecular formula is C66H111N2O11P. The molecule has 2 aromatic rings. The van der Waals surface area contributed by atoms with E-state index in [-0.39, 0.29) is 62.5 Å². The third kappa shape index (κ3) is 16.5. The molecule has 1 amide bonds. The number of likely N-dealkylation sites (N-methyl/N-ethyl adjacent to an activating group) is 1. The van der Waals surface area contributed by atoms with Crippen molar-refractivity contribution >= 4 is 24.4 Å². The van der Waals surface area contributed by atoms with Gasteiger partial charge in [0.2, 0.25) is 0 Å². The van der Waals surface area contributed by atoms with Gasteiger partial charge in [0.15, 0.2) is 6.29 Å². The number of ether oxygens (including phenoxy) is 5. The molecule has 80 heavy (non-hydrogen) atoms. The fourth-order valence-electron chi connectivity index (χ4n) is 15.0. The second-order valence-electron chi connectivity index (χ2n) is 26.5. The average molecular weight is 1140 g/mol. The molecule has 456 valence electrons. The van der Waals surface area contributed by atoms with Crippen LogP contribution in [0.15, 0.2) is 42.5 Å². The Kier molecular flexibility index (Phi) is 25.1. The first-order valence-corrected chi connectivity index (χ1v) is 34.1. The van der Waals surface area contributed by atoms with Gasteiger partial charge < -0.3 is 34.4 Å². The van der Waals surface area contributed by atoms with Crippen molar-refractivity contribution in [2.24, 2.45) is 11.8 Å². The summed E-state index contributed by atoms with van der Waals surface area (Å²) >= 11 is 0. The first-order valence-electron chi connectivity index (χ1n) is 31.8. The van der Waals surface area contributed by atoms with E-state index in [1.807, 2.05) is 39.8 Å². The molecule has 2 aliphatic carbocycles. The number of cyclic esters (lactones) is 1. The molecule has 2 saturated carbocycles. The standard InChI is InChI=1S/C66H111N2O11P/c1-14-57-66(11,74)61(71)49(9)68(40-29-39-65(10,73)62(46(6)42-47(7)63(72)78-57)79-64-60(70)53(67(12)13)43-48(8)77-64)58(69)38-24-16-15-17-27-41-80(50-30-20-18-21-31-50,51-32-22-19-23-33-51)56-37-26-25-34-52(56)59-54(75-44(2)3)35-28-36-55(59)76-45(4)5/h25-26,28,34-37,44-51,53,57,60-62,64,70-71,73-74,80H,14-24,27,29-33,38-43H2,1-13H3/t46-,47+,48+,49+,53-,57+,60+,61+,62+,64-,65+,66+/m0/s1. The Bertz CT molecular complexity index is 2160. The maximum absolute atomic E-state index is 14.6. The molecule has 4 fully saturated rings. The van der Waals surface area contributed by atoms with Crippen LogP contribution < -0.4 is 14.8 Å². The van der Waals surface area contributed by atoms with Crippen LogP contribution in [-0.2, 0) is 23.8 Å². The average Bonchev–Trinajstić information content (AvgIpc) is 3.42. The van der Waals surface area contributed by atoms with Crippen molar-refractivity contribution in [3.05, 3.63) is 42.5 Å². The number of esters is 1. The molecular weight excluding hydrogens is 1030 g/mol. The van der Waals surface area contributed by atoms with Gasteiger partial charge in [-0.3, -0.25) is 4.79 Å². The molecule has 12 atom stereocenters. The van der Waals surface area contributed by atoms with Crippen molar-refractivity contribution in [2.75, 3.05) is 26.8 Å². The summed E-state index contributed by atoms with van der Waals surface area (Å²) in [4.78, 5) is 32.1. The minimum atomic E-state index is -2.24. The van der Waals surface area contributed by atoms with E-state index in [2.05, 4.69) is 70.2 Å². The Balaban J connectivity index is 1.21. The Labute approximate surface area is 484 Å². The van der Waals surface area contributed by atoms with Crippen molar-refractivity contribution in [3.63, 3.8) is 0 Å². The minimum Gasteiger partial charge on any atom is -0.383 e. The second kappa shape index (κ2) is 30.3. The monoisotopic (exact) mass is 1140 g/mol. The number of rotatable bonds is 20. The van der Waals surface area contributed by atoms with Crippen molar-refractivity contribution < 1.29 is 53.7 Å². The molecule has 0 unspecified atom stereocenters. The number of hydrogen-bond acceptors (Lipinski definition) is 12. The third-order valence-corrected chi connectivity index (χ3v) is 25.8. The quantitative estimate of drug-likeness (QED) is 0.0564. The zero-order valence-electron chi connectivity index (χ0n) is 51.9. The summed E-state index contributed by atoms with van der Waals surface area (Å²) in [6.07, 6.45) is 15.7. The minimum absolute atomic E-state index is 0.0169. The Hall–Kier alpha value is -2.87. The van der Waals surface area contributed by atoms with E-state index in [4.69, 9.17) is 23.7 Å². The number of carbonyl (C=O) groups excluding carboxylic acids is 2. The number of amides is 1. The number of hydrogen-bond donors (Lipinski definition) is 4. The van der Waals surface area contributed by atoms with Gasteiger partial charge in [-0.2, -0.15) is 0 Å². The zero-order valence-corrected chi connectivity index (χ0v) is 52.9. The molecule has 2 aromatic carbocycles. The maximum atomic E-state index is 14.6. The summed E-state index contributed by atoms with van der Waals surface area (Å²) in [7, 11) is 1.59. The second-order valence-corrected chi connectivity index (χ2v) is 31.3. The van der Waals surface area contributed by atoms with Crippen molar-refractivity contribution in [2.45, 2.75) is 295 Å². The van der Waals surface area contributed by atoms with Crippen LogP contribution >= 0.6 is 7.26 Å². The van der Waals surface area contributed by atoms with Gasteiger partial charge in [-0.1, -0.05) is 20.8 Å². The summed E-state index contributed by atoms with van der Waals surface area (Å²) in [6.45, 7) is 21.0. The van der Waals surface area contributed by atoms with Gasteiger partial charge in [-0.15, -0.1) is 0 Å². The third-order valence-electron chi connectivity index (χ3n) is 19.1. The van der Waals surface area contributed by atoms with E-state index < -0.39 is 73.0 Å². The zero-order chi connectivity index (χ0) is 58.5. The summed E-state index contributed by atoms with van der Waals surface area (Å²) in [5, 5.41) is 49.7. The number of benzene rings is 2.